The maximum absolute atomic E-state index is 5.52. The zero-order valence-electron chi connectivity index (χ0n) is 7.94. The molecule has 0 atom stereocenters. The smallest absolute Gasteiger partial charge is 0.0583 e. The molecule has 1 aromatic rings. The van der Waals surface area contributed by atoms with Crippen LogP contribution in [0.1, 0.15) is 11.1 Å². The van der Waals surface area contributed by atoms with Crippen LogP contribution in [-0.2, 0) is 0 Å². The number of hydrogen-bond acceptors (Lipinski definition) is 4. The van der Waals surface area contributed by atoms with E-state index in [0.29, 0.717) is 0 Å². The van der Waals surface area contributed by atoms with E-state index in [0.717, 1.165) is 11.1 Å². The Morgan fingerprint density at radius 1 is 1.29 bits per heavy atom. The number of nitrogens with two attached hydrogens (primary N) is 1. The molecule has 0 saturated carbocycles. The molecule has 0 fully saturated rings. The summed E-state index contributed by atoms with van der Waals surface area (Å²) in [4.78, 5) is 0. The lowest BCUT2D eigenvalue weighted by atomic mass is 10.1. The second kappa shape index (κ2) is 3.51. The second-order valence-electron chi connectivity index (χ2n) is 3.22. The van der Waals surface area contributed by atoms with Crippen molar-refractivity contribution in [2.45, 2.75) is 6.92 Å². The minimum Gasteiger partial charge on any atom is -0.227 e. The van der Waals surface area contributed by atoms with Crippen LogP contribution in [0.15, 0.2) is 35.6 Å². The minimum absolute atomic E-state index is 0.992. The maximum atomic E-state index is 5.52. The minimum atomic E-state index is 0.992. The van der Waals surface area contributed by atoms with Gasteiger partial charge in [0.15, 0.2) is 0 Å². The standard InChI is InChI=1S/C10H12N4/c1-8-2-4-9(5-3-8)10-6-12-13-14(11)7-10/h2-7,13H,11H2,1H3. The van der Waals surface area contributed by atoms with Crippen molar-refractivity contribution in [3.05, 3.63) is 41.6 Å². The molecule has 3 N–H and O–H groups in total. The molecule has 0 radical (unpaired) electrons. The average Bonchev–Trinajstić information content (AvgIpc) is 2.19. The van der Waals surface area contributed by atoms with Crippen LogP contribution in [-0.4, -0.2) is 11.3 Å². The topological polar surface area (TPSA) is 53.6 Å². The molecule has 72 valence electrons. The summed E-state index contributed by atoms with van der Waals surface area (Å²) in [6, 6.07) is 8.22. The van der Waals surface area contributed by atoms with Crippen LogP contribution >= 0.6 is 0 Å². The van der Waals surface area contributed by atoms with Crippen molar-refractivity contribution < 1.29 is 0 Å². The number of rotatable bonds is 1. The Hall–Kier alpha value is -1.81. The van der Waals surface area contributed by atoms with Crippen LogP contribution in [0.3, 0.4) is 0 Å². The van der Waals surface area contributed by atoms with Crippen LogP contribution < -0.4 is 11.4 Å². The number of hydrazine groups is 2. The number of allylic oxidation sites excluding steroid dienone is 1. The lowest BCUT2D eigenvalue weighted by molar-refractivity contribution is 0.286. The van der Waals surface area contributed by atoms with Crippen LogP contribution in [0.2, 0.25) is 0 Å². The van der Waals surface area contributed by atoms with E-state index in [-0.39, 0.29) is 0 Å². The Morgan fingerprint density at radius 3 is 2.64 bits per heavy atom. The lowest BCUT2D eigenvalue weighted by Gasteiger charge is -2.17. The second-order valence-corrected chi connectivity index (χ2v) is 3.22. The van der Waals surface area contributed by atoms with Crippen molar-refractivity contribution in [3.63, 3.8) is 0 Å². The fraction of sp³-hybridized carbons (Fsp3) is 0.100. The van der Waals surface area contributed by atoms with Gasteiger partial charge in [0.05, 0.1) is 12.4 Å². The number of hydrazone groups is 1. The van der Waals surface area contributed by atoms with Gasteiger partial charge in [-0.3, -0.25) is 0 Å². The van der Waals surface area contributed by atoms with Gasteiger partial charge < -0.3 is 0 Å². The highest BCUT2D eigenvalue weighted by Crippen LogP contribution is 2.14. The van der Waals surface area contributed by atoms with Gasteiger partial charge in [0.1, 0.15) is 0 Å². The van der Waals surface area contributed by atoms with E-state index in [1.807, 2.05) is 12.1 Å². The van der Waals surface area contributed by atoms with Crippen molar-refractivity contribution in [2.24, 2.45) is 10.9 Å². The van der Waals surface area contributed by atoms with E-state index in [1.165, 1.54) is 10.7 Å². The molecule has 0 unspecified atom stereocenters. The molecular formula is C10H12N4. The number of nitrogens with one attached hydrogen (secondary N) is 1. The Labute approximate surface area is 82.7 Å². The summed E-state index contributed by atoms with van der Waals surface area (Å²) in [6.07, 6.45) is 3.53. The van der Waals surface area contributed by atoms with Gasteiger partial charge in [0.2, 0.25) is 0 Å². The predicted molar refractivity (Wildman–Crippen MR) is 56.8 cm³/mol. The Kier molecular flexibility index (Phi) is 2.20. The monoisotopic (exact) mass is 188 g/mol. The number of benzene rings is 1. The van der Waals surface area contributed by atoms with Crippen molar-refractivity contribution in [1.82, 2.24) is 10.7 Å². The molecule has 4 nitrogen and oxygen atoms in total. The summed E-state index contributed by atoms with van der Waals surface area (Å²) in [7, 11) is 0. The molecule has 1 aliphatic rings. The van der Waals surface area contributed by atoms with Gasteiger partial charge >= 0.3 is 0 Å². The highest BCUT2D eigenvalue weighted by Gasteiger charge is 2.03. The van der Waals surface area contributed by atoms with E-state index in [4.69, 9.17) is 5.84 Å². The van der Waals surface area contributed by atoms with E-state index in [9.17, 15) is 0 Å². The molecule has 0 aliphatic carbocycles. The number of nitrogens with zero attached hydrogens (tertiary/aromatic N) is 2. The summed E-state index contributed by atoms with van der Waals surface area (Å²) < 4.78 is 0. The molecule has 14 heavy (non-hydrogen) atoms. The molecule has 4 heteroatoms. The first-order chi connectivity index (χ1) is 6.75. The van der Waals surface area contributed by atoms with Gasteiger partial charge in [0, 0.05) is 5.57 Å². The Bertz CT molecular complexity index is 378. The summed E-state index contributed by atoms with van der Waals surface area (Å²) in [5, 5.41) is 5.22. The molecule has 0 bridgehead atoms. The van der Waals surface area contributed by atoms with Crippen LogP contribution in [0, 0.1) is 6.92 Å². The van der Waals surface area contributed by atoms with Gasteiger partial charge in [-0.1, -0.05) is 29.8 Å². The van der Waals surface area contributed by atoms with Crippen LogP contribution in [0.5, 0.6) is 0 Å². The van der Waals surface area contributed by atoms with E-state index < -0.39 is 0 Å². The predicted octanol–water partition coefficient (Wildman–Crippen LogP) is 1.02. The number of aryl methyl sites for hydroxylation is 1. The molecule has 1 aromatic carbocycles. The van der Waals surface area contributed by atoms with E-state index >= 15 is 0 Å². The lowest BCUT2D eigenvalue weighted by Crippen LogP contribution is -2.37. The first-order valence-electron chi connectivity index (χ1n) is 4.37. The van der Waals surface area contributed by atoms with E-state index in [1.54, 1.807) is 12.4 Å². The van der Waals surface area contributed by atoms with Crippen molar-refractivity contribution in [1.29, 1.82) is 0 Å². The summed E-state index contributed by atoms with van der Waals surface area (Å²) in [5.74, 6) is 5.52. The quantitative estimate of drug-likeness (QED) is 0.647. The third-order valence-electron chi connectivity index (χ3n) is 2.04. The SMILES string of the molecule is Cc1ccc(C2=CN(N)NN=C2)cc1. The van der Waals surface area contributed by atoms with Gasteiger partial charge in [0.25, 0.3) is 0 Å². The molecule has 2 rings (SSSR count). The average molecular weight is 188 g/mol. The third-order valence-corrected chi connectivity index (χ3v) is 2.04. The van der Waals surface area contributed by atoms with Gasteiger partial charge in [-0.2, -0.15) is 5.10 Å². The molecular weight excluding hydrogens is 176 g/mol. The summed E-state index contributed by atoms with van der Waals surface area (Å²) in [5.41, 5.74) is 5.94. The van der Waals surface area contributed by atoms with Crippen LogP contribution in [0.4, 0.5) is 0 Å². The first-order valence-corrected chi connectivity index (χ1v) is 4.37. The maximum Gasteiger partial charge on any atom is 0.0583 e. The highest BCUT2D eigenvalue weighted by atomic mass is 15.8. The van der Waals surface area contributed by atoms with Gasteiger partial charge in [-0.05, 0) is 12.5 Å². The molecule has 1 aliphatic heterocycles. The molecule has 0 amide bonds. The largest absolute Gasteiger partial charge is 0.227 e. The fourth-order valence-corrected chi connectivity index (χ4v) is 1.27. The van der Waals surface area contributed by atoms with Crippen molar-refractivity contribution in [3.8, 4) is 0 Å². The van der Waals surface area contributed by atoms with Crippen LogP contribution in [0.25, 0.3) is 5.57 Å². The molecule has 0 aromatic heterocycles. The first kappa shape index (κ1) is 8.77. The zero-order chi connectivity index (χ0) is 9.97. The Morgan fingerprint density at radius 2 is 2.00 bits per heavy atom. The molecule has 1 heterocycles. The van der Waals surface area contributed by atoms with Crippen molar-refractivity contribution >= 4 is 11.8 Å². The molecule has 0 spiro atoms. The normalized spacial score (nSPS) is 15.0. The van der Waals surface area contributed by atoms with Gasteiger partial charge in [-0.25, -0.2) is 16.5 Å². The van der Waals surface area contributed by atoms with Crippen molar-refractivity contribution in [2.75, 3.05) is 0 Å². The fourth-order valence-electron chi connectivity index (χ4n) is 1.27. The number of hydrogen-bond donors (Lipinski definition) is 2. The summed E-state index contributed by atoms with van der Waals surface area (Å²) in [6.45, 7) is 2.06. The zero-order valence-corrected chi connectivity index (χ0v) is 7.94. The molecule has 0 saturated heterocycles. The van der Waals surface area contributed by atoms with E-state index in [2.05, 4.69) is 29.7 Å². The highest BCUT2D eigenvalue weighted by molar-refractivity contribution is 6.09. The Balaban J connectivity index is 2.31. The summed E-state index contributed by atoms with van der Waals surface area (Å²) >= 11 is 0. The van der Waals surface area contributed by atoms with Gasteiger partial charge in [-0.15, -0.1) is 0 Å². The third kappa shape index (κ3) is 1.75.